The predicted molar refractivity (Wildman–Crippen MR) is 136 cm³/mol. The molecule has 5 fully saturated rings. The van der Waals surface area contributed by atoms with Crippen molar-refractivity contribution in [1.82, 2.24) is 0 Å². The Morgan fingerprint density at radius 1 is 1.06 bits per heavy atom. The minimum atomic E-state index is -0.175. The van der Waals surface area contributed by atoms with Crippen LogP contribution in [0.3, 0.4) is 0 Å². The molecule has 1 atom stereocenters. The van der Waals surface area contributed by atoms with Crippen molar-refractivity contribution in [3.8, 4) is 5.75 Å². The maximum absolute atomic E-state index is 13.6. The number of benzene rings is 2. The number of para-hydroxylation sites is 2. The molecule has 1 heterocycles. The molecule has 2 aromatic carbocycles. The number of amides is 2. The zero-order chi connectivity index (χ0) is 23.3. The molecule has 2 amide bonds. The molecule has 2 aromatic rings. The minimum Gasteiger partial charge on any atom is -0.492 e. The smallest absolute Gasteiger partial charge is 0.238 e. The lowest BCUT2D eigenvalue weighted by atomic mass is 9.49. The Balaban J connectivity index is 1.25. The summed E-state index contributed by atoms with van der Waals surface area (Å²) >= 11 is 1.62. The largest absolute Gasteiger partial charge is 0.492 e. The van der Waals surface area contributed by atoms with Crippen molar-refractivity contribution in [2.75, 3.05) is 22.6 Å². The topological polar surface area (TPSA) is 58.6 Å². The summed E-state index contributed by atoms with van der Waals surface area (Å²) in [6.45, 7) is 2.49. The van der Waals surface area contributed by atoms with E-state index in [2.05, 4.69) is 5.32 Å². The molecule has 1 aliphatic heterocycles. The SMILES string of the molecule is CCOc1ccccc1N1C(=O)CS[C@@H]1c1cccc(NC(=O)C23CC4CC(CC(C4)C2)C3)c1. The number of thioether (sulfide) groups is 1. The van der Waals surface area contributed by atoms with Crippen molar-refractivity contribution in [1.29, 1.82) is 0 Å². The summed E-state index contributed by atoms with van der Waals surface area (Å²) in [5, 5.41) is 3.14. The van der Waals surface area contributed by atoms with Crippen molar-refractivity contribution in [3.05, 3.63) is 54.1 Å². The van der Waals surface area contributed by atoms with Crippen LogP contribution in [0.4, 0.5) is 11.4 Å². The highest BCUT2D eigenvalue weighted by molar-refractivity contribution is 8.00. The normalized spacial score (nSPS) is 31.7. The fourth-order valence-electron chi connectivity index (χ4n) is 7.29. The fraction of sp³-hybridized carbons (Fsp3) is 0.500. The van der Waals surface area contributed by atoms with Crippen LogP contribution in [0.1, 0.15) is 56.4 Å². The van der Waals surface area contributed by atoms with E-state index in [0.717, 1.165) is 59.7 Å². The van der Waals surface area contributed by atoms with Crippen molar-refractivity contribution >= 4 is 35.0 Å². The van der Waals surface area contributed by atoms with Gasteiger partial charge in [0, 0.05) is 5.69 Å². The maximum atomic E-state index is 13.6. The summed E-state index contributed by atoms with van der Waals surface area (Å²) in [6.07, 6.45) is 7.15. The number of nitrogens with one attached hydrogen (secondary N) is 1. The number of hydrogen-bond acceptors (Lipinski definition) is 4. The van der Waals surface area contributed by atoms with Gasteiger partial charge < -0.3 is 10.1 Å². The molecule has 4 bridgehead atoms. The number of carbonyl (C=O) groups excluding carboxylic acids is 2. The van der Waals surface area contributed by atoms with Crippen LogP contribution in [-0.4, -0.2) is 24.2 Å². The van der Waals surface area contributed by atoms with E-state index in [0.29, 0.717) is 12.4 Å². The molecular formula is C28H32N2O3S. The summed E-state index contributed by atoms with van der Waals surface area (Å²) in [4.78, 5) is 28.3. The molecule has 1 N–H and O–H groups in total. The zero-order valence-electron chi connectivity index (χ0n) is 19.7. The summed E-state index contributed by atoms with van der Waals surface area (Å²) < 4.78 is 5.82. The first kappa shape index (κ1) is 22.0. The third-order valence-corrected chi connectivity index (χ3v) is 9.45. The summed E-state index contributed by atoms with van der Waals surface area (Å²) in [7, 11) is 0. The van der Waals surface area contributed by atoms with Gasteiger partial charge >= 0.3 is 0 Å². The van der Waals surface area contributed by atoms with Crippen LogP contribution < -0.4 is 15.0 Å². The van der Waals surface area contributed by atoms with Crippen molar-refractivity contribution in [2.45, 2.75) is 50.8 Å². The lowest BCUT2D eigenvalue weighted by molar-refractivity contribution is -0.140. The number of ether oxygens (including phenoxy) is 1. The van der Waals surface area contributed by atoms with E-state index in [1.165, 1.54) is 19.3 Å². The first-order chi connectivity index (χ1) is 16.5. The second-order valence-corrected chi connectivity index (χ2v) is 11.7. The average Bonchev–Trinajstić information content (AvgIpc) is 3.20. The Bertz CT molecular complexity index is 1080. The van der Waals surface area contributed by atoms with Crippen LogP contribution in [0.5, 0.6) is 5.75 Å². The number of nitrogens with zero attached hydrogens (tertiary/aromatic N) is 1. The quantitative estimate of drug-likeness (QED) is 0.554. The van der Waals surface area contributed by atoms with Crippen LogP contribution >= 0.6 is 11.8 Å². The first-order valence-electron chi connectivity index (χ1n) is 12.6. The van der Waals surface area contributed by atoms with Gasteiger partial charge in [-0.2, -0.15) is 0 Å². The van der Waals surface area contributed by atoms with Gasteiger partial charge in [-0.1, -0.05) is 24.3 Å². The molecule has 5 nitrogen and oxygen atoms in total. The van der Waals surface area contributed by atoms with Gasteiger partial charge in [-0.15, -0.1) is 11.8 Å². The van der Waals surface area contributed by atoms with Crippen molar-refractivity contribution in [2.24, 2.45) is 23.2 Å². The molecule has 34 heavy (non-hydrogen) atoms. The number of carbonyl (C=O) groups is 2. The van der Waals surface area contributed by atoms with Gasteiger partial charge in [0.05, 0.1) is 23.5 Å². The Labute approximate surface area is 205 Å². The van der Waals surface area contributed by atoms with Crippen molar-refractivity contribution in [3.63, 3.8) is 0 Å². The van der Waals surface area contributed by atoms with E-state index in [1.807, 2.05) is 60.4 Å². The van der Waals surface area contributed by atoms with E-state index in [1.54, 1.807) is 11.8 Å². The predicted octanol–water partition coefficient (Wildman–Crippen LogP) is 6.02. The molecule has 0 unspecified atom stereocenters. The lowest BCUT2D eigenvalue weighted by Crippen LogP contribution is -2.51. The second-order valence-electron chi connectivity index (χ2n) is 10.6. The Kier molecular flexibility index (Phi) is 5.59. The highest BCUT2D eigenvalue weighted by atomic mass is 32.2. The third-order valence-electron chi connectivity index (χ3n) is 8.24. The molecule has 4 aliphatic carbocycles. The Morgan fingerprint density at radius 2 is 1.76 bits per heavy atom. The number of rotatable bonds is 6. The Morgan fingerprint density at radius 3 is 2.47 bits per heavy atom. The van der Waals surface area contributed by atoms with E-state index in [4.69, 9.17) is 4.74 Å². The number of hydrogen-bond donors (Lipinski definition) is 1. The summed E-state index contributed by atoms with van der Waals surface area (Å²) in [6, 6.07) is 15.8. The third kappa shape index (κ3) is 3.80. The molecule has 0 aromatic heterocycles. The van der Waals surface area contributed by atoms with Crippen LogP contribution in [0, 0.1) is 23.2 Å². The molecule has 6 heteroatoms. The van der Waals surface area contributed by atoms with Crippen LogP contribution in [0.15, 0.2) is 48.5 Å². The molecule has 0 radical (unpaired) electrons. The van der Waals surface area contributed by atoms with Crippen molar-refractivity contribution < 1.29 is 14.3 Å². The van der Waals surface area contributed by atoms with Crippen LogP contribution in [0.25, 0.3) is 0 Å². The standard InChI is InChI=1S/C28H32N2O3S/c1-2-33-24-9-4-3-8-23(24)30-25(31)17-34-26(30)21-6-5-7-22(13-21)29-27(32)28-14-18-10-19(15-28)12-20(11-18)16-28/h3-9,13,18-20,26H,2,10-12,14-17H2,1H3,(H,29,32)/t18?,19?,20?,26-,28?/m1/s1. The van der Waals surface area contributed by atoms with Gasteiger partial charge in [-0.25, -0.2) is 0 Å². The summed E-state index contributed by atoms with van der Waals surface area (Å²) in [5.74, 6) is 3.64. The summed E-state index contributed by atoms with van der Waals surface area (Å²) in [5.41, 5.74) is 2.47. The van der Waals surface area contributed by atoms with Crippen LogP contribution in [0.2, 0.25) is 0 Å². The molecule has 0 spiro atoms. The average molecular weight is 477 g/mol. The molecule has 5 aliphatic rings. The molecule has 1 saturated heterocycles. The van der Waals surface area contributed by atoms with E-state index in [9.17, 15) is 9.59 Å². The first-order valence-corrected chi connectivity index (χ1v) is 13.7. The van der Waals surface area contributed by atoms with Gasteiger partial charge in [0.2, 0.25) is 11.8 Å². The highest BCUT2D eigenvalue weighted by Crippen LogP contribution is 2.60. The van der Waals surface area contributed by atoms with Gasteiger partial charge in [0.1, 0.15) is 11.1 Å². The molecule has 7 rings (SSSR count). The fourth-order valence-corrected chi connectivity index (χ4v) is 8.45. The second kappa shape index (κ2) is 8.63. The molecule has 4 saturated carbocycles. The highest BCUT2D eigenvalue weighted by Gasteiger charge is 2.54. The van der Waals surface area contributed by atoms with E-state index in [-0.39, 0.29) is 22.6 Å². The monoisotopic (exact) mass is 476 g/mol. The van der Waals surface area contributed by atoms with Gasteiger partial charge in [0.15, 0.2) is 0 Å². The van der Waals surface area contributed by atoms with Gasteiger partial charge in [0.25, 0.3) is 0 Å². The molecule has 178 valence electrons. The minimum absolute atomic E-state index is 0.0742. The van der Waals surface area contributed by atoms with E-state index < -0.39 is 0 Å². The Hall–Kier alpha value is -2.47. The van der Waals surface area contributed by atoms with E-state index >= 15 is 0 Å². The number of anilines is 2. The van der Waals surface area contributed by atoms with Gasteiger partial charge in [-0.05, 0) is 93.0 Å². The molecular weight excluding hydrogens is 444 g/mol. The zero-order valence-corrected chi connectivity index (χ0v) is 20.5. The van der Waals surface area contributed by atoms with Gasteiger partial charge in [-0.3, -0.25) is 14.5 Å². The maximum Gasteiger partial charge on any atom is 0.238 e. The lowest BCUT2D eigenvalue weighted by Gasteiger charge is -2.55. The van der Waals surface area contributed by atoms with Crippen LogP contribution in [-0.2, 0) is 9.59 Å².